The lowest BCUT2D eigenvalue weighted by Crippen LogP contribution is -2.29. The molecule has 1 aliphatic rings. The van der Waals surface area contributed by atoms with E-state index in [1.54, 1.807) is 19.2 Å². The molecule has 0 spiro atoms. The first-order valence-corrected chi connectivity index (χ1v) is 11.1. The molecule has 0 radical (unpaired) electrons. The fraction of sp³-hybridized carbons (Fsp3) is 0.320. The van der Waals surface area contributed by atoms with Crippen molar-refractivity contribution >= 4 is 17.4 Å². The number of anilines is 1. The van der Waals surface area contributed by atoms with E-state index in [2.05, 4.69) is 9.88 Å². The molecule has 4 rings (SSSR count). The van der Waals surface area contributed by atoms with Crippen molar-refractivity contribution in [3.8, 4) is 23.4 Å². The molecule has 190 valence electrons. The summed E-state index contributed by atoms with van der Waals surface area (Å²) in [6, 6.07) is 11.4. The summed E-state index contributed by atoms with van der Waals surface area (Å²) in [6.07, 6.45) is -2.55. The summed E-state index contributed by atoms with van der Waals surface area (Å²) in [6.45, 7) is 1.72. The normalized spacial score (nSPS) is 13.2. The van der Waals surface area contributed by atoms with Crippen molar-refractivity contribution in [2.45, 2.75) is 33.1 Å². The number of ether oxygens (including phenoxy) is 2. The number of aromatic nitrogens is 2. The Morgan fingerprint density at radius 1 is 1.14 bits per heavy atom. The third kappa shape index (κ3) is 5.91. The van der Waals surface area contributed by atoms with Gasteiger partial charge in [-0.3, -0.25) is 4.57 Å². The van der Waals surface area contributed by atoms with Gasteiger partial charge in [-0.05, 0) is 48.7 Å². The van der Waals surface area contributed by atoms with Gasteiger partial charge in [0.25, 0.3) is 0 Å². The minimum atomic E-state index is -4.64. The maximum absolute atomic E-state index is 13.1. The highest BCUT2D eigenvalue weighted by molar-refractivity contribution is 6.31. The molecule has 0 saturated carbocycles. The van der Waals surface area contributed by atoms with Crippen molar-refractivity contribution in [1.29, 1.82) is 5.26 Å². The topological polar surface area (TPSA) is 80.4 Å². The van der Waals surface area contributed by atoms with E-state index < -0.39 is 22.5 Å². The molecule has 1 aromatic heterocycles. The van der Waals surface area contributed by atoms with Crippen LogP contribution in [-0.2, 0) is 19.8 Å². The third-order valence-corrected chi connectivity index (χ3v) is 5.87. The second-order valence-electron chi connectivity index (χ2n) is 7.96. The molecule has 2 aromatic carbocycles. The van der Waals surface area contributed by atoms with Gasteiger partial charge < -0.3 is 14.4 Å². The number of nitriles is 1. The lowest BCUT2D eigenvalue weighted by molar-refractivity contribution is -0.137. The van der Waals surface area contributed by atoms with Crippen molar-refractivity contribution in [3.63, 3.8) is 0 Å². The average Bonchev–Trinajstić information content (AvgIpc) is 3.35. The largest absolute Gasteiger partial charge is 0.473 e. The fourth-order valence-corrected chi connectivity index (χ4v) is 3.97. The van der Waals surface area contributed by atoms with Gasteiger partial charge in [-0.2, -0.15) is 23.4 Å². The van der Waals surface area contributed by atoms with E-state index in [4.69, 9.17) is 21.1 Å². The number of rotatable bonds is 6. The first-order valence-electron chi connectivity index (χ1n) is 10.7. The van der Waals surface area contributed by atoms with Crippen LogP contribution in [0.15, 0.2) is 47.3 Å². The van der Waals surface area contributed by atoms with Crippen LogP contribution in [0.5, 0.6) is 17.4 Å². The van der Waals surface area contributed by atoms with E-state index in [0.717, 1.165) is 43.9 Å². The van der Waals surface area contributed by atoms with Gasteiger partial charge in [0.2, 0.25) is 5.88 Å². The summed E-state index contributed by atoms with van der Waals surface area (Å²) in [5.41, 5.74) is -0.780. The zero-order valence-electron chi connectivity index (χ0n) is 18.6. The molecule has 36 heavy (non-hydrogen) atoms. The molecule has 1 fully saturated rings. The Bertz CT molecular complexity index is 1350. The van der Waals surface area contributed by atoms with E-state index in [0.29, 0.717) is 5.56 Å². The lowest BCUT2D eigenvalue weighted by atomic mass is 10.1. The van der Waals surface area contributed by atoms with Crippen LogP contribution < -0.4 is 20.1 Å². The van der Waals surface area contributed by atoms with Crippen LogP contribution >= 0.6 is 11.6 Å². The minimum Gasteiger partial charge on any atom is -0.473 e. The van der Waals surface area contributed by atoms with Gasteiger partial charge in [0.1, 0.15) is 30.0 Å². The molecule has 0 amide bonds. The van der Waals surface area contributed by atoms with Crippen LogP contribution in [0, 0.1) is 11.3 Å². The number of hydrogen-bond acceptors (Lipinski definition) is 6. The summed E-state index contributed by atoms with van der Waals surface area (Å²) in [5.74, 6) is 0.852. The summed E-state index contributed by atoms with van der Waals surface area (Å²) < 4.78 is 52.1. The average molecular weight is 521 g/mol. The predicted octanol–water partition coefficient (Wildman–Crippen LogP) is 5.93. The Morgan fingerprint density at radius 2 is 1.86 bits per heavy atom. The van der Waals surface area contributed by atoms with Gasteiger partial charge in [-0.1, -0.05) is 25.1 Å². The molecular weight excluding hydrogens is 497 g/mol. The highest BCUT2D eigenvalue weighted by atomic mass is 35.5. The second-order valence-corrected chi connectivity index (χ2v) is 8.37. The molecule has 1 aliphatic heterocycles. The smallest absolute Gasteiger partial charge is 0.417 e. The third-order valence-electron chi connectivity index (χ3n) is 5.54. The van der Waals surface area contributed by atoms with Crippen LogP contribution in [0.2, 0.25) is 5.02 Å². The van der Waals surface area contributed by atoms with Crippen molar-refractivity contribution < 1.29 is 22.6 Å². The Kier molecular flexibility index (Phi) is 8.15. The van der Waals surface area contributed by atoms with Crippen molar-refractivity contribution in [2.75, 3.05) is 18.0 Å². The number of hydrogen-bond donors (Lipinski definition) is 0. The standard InChI is InChI=1S/C24H20ClF3N4O3.CH4/c1-31-22(32-8-2-3-9-32)12-21(30-23(31)33)34-14-15-4-7-20(16(10-15)13-29)35-17-5-6-19(25)18(11-17)24(26,27)28;/h4-7,10-12H,2-3,8-9,14H2,1H3;1H4. The minimum absolute atomic E-state index is 0. The summed E-state index contributed by atoms with van der Waals surface area (Å²) in [7, 11) is 1.66. The second kappa shape index (κ2) is 10.9. The quantitative estimate of drug-likeness (QED) is 0.400. The first-order chi connectivity index (χ1) is 16.7. The van der Waals surface area contributed by atoms with Crippen molar-refractivity contribution in [2.24, 2.45) is 7.05 Å². The molecule has 0 unspecified atom stereocenters. The Hall–Kier alpha value is -3.71. The van der Waals surface area contributed by atoms with Gasteiger partial charge in [0.05, 0.1) is 16.1 Å². The Morgan fingerprint density at radius 3 is 2.53 bits per heavy atom. The van der Waals surface area contributed by atoms with Gasteiger partial charge in [0.15, 0.2) is 0 Å². The maximum atomic E-state index is 13.1. The molecule has 11 heteroatoms. The monoisotopic (exact) mass is 520 g/mol. The summed E-state index contributed by atoms with van der Waals surface area (Å²) in [5, 5.41) is 9.08. The summed E-state index contributed by atoms with van der Waals surface area (Å²) >= 11 is 5.64. The van der Waals surface area contributed by atoms with Crippen LogP contribution in [0.3, 0.4) is 0 Å². The number of alkyl halides is 3. The highest BCUT2D eigenvalue weighted by Crippen LogP contribution is 2.38. The van der Waals surface area contributed by atoms with E-state index >= 15 is 0 Å². The van der Waals surface area contributed by atoms with E-state index in [9.17, 15) is 23.2 Å². The first kappa shape index (κ1) is 26.9. The molecule has 0 N–H and O–H groups in total. The van der Waals surface area contributed by atoms with Crippen LogP contribution in [0.1, 0.15) is 37.0 Å². The van der Waals surface area contributed by atoms with Crippen molar-refractivity contribution in [3.05, 3.63) is 74.7 Å². The van der Waals surface area contributed by atoms with Gasteiger partial charge in [-0.15, -0.1) is 0 Å². The molecule has 7 nitrogen and oxygen atoms in total. The Balaban J connectivity index is 0.00000361. The number of halogens is 4. The van der Waals surface area contributed by atoms with Crippen molar-refractivity contribution in [1.82, 2.24) is 9.55 Å². The van der Waals surface area contributed by atoms with Gasteiger partial charge in [-0.25, -0.2) is 4.79 Å². The van der Waals surface area contributed by atoms with Crippen LogP contribution in [0.4, 0.5) is 19.0 Å². The summed E-state index contributed by atoms with van der Waals surface area (Å²) in [4.78, 5) is 18.3. The Labute approximate surface area is 211 Å². The molecule has 1 saturated heterocycles. The molecule has 0 atom stereocenters. The van der Waals surface area contributed by atoms with Crippen LogP contribution in [0.25, 0.3) is 0 Å². The molecule has 2 heterocycles. The zero-order chi connectivity index (χ0) is 25.2. The number of nitrogens with zero attached hydrogens (tertiary/aromatic N) is 4. The maximum Gasteiger partial charge on any atom is 0.417 e. The number of benzene rings is 2. The lowest BCUT2D eigenvalue weighted by Gasteiger charge is -2.20. The van der Waals surface area contributed by atoms with Crippen LogP contribution in [-0.4, -0.2) is 22.6 Å². The highest BCUT2D eigenvalue weighted by Gasteiger charge is 2.33. The molecule has 0 aliphatic carbocycles. The van der Waals surface area contributed by atoms with E-state index in [-0.39, 0.29) is 37.0 Å². The SMILES string of the molecule is C.Cn1c(N2CCCC2)cc(OCc2ccc(Oc3ccc(Cl)c(C(F)(F)F)c3)c(C#N)c2)nc1=O. The fourth-order valence-electron chi connectivity index (χ4n) is 3.74. The van der Waals surface area contributed by atoms with E-state index in [1.165, 1.54) is 22.8 Å². The predicted molar refractivity (Wildman–Crippen MR) is 130 cm³/mol. The molecule has 0 bridgehead atoms. The van der Waals surface area contributed by atoms with E-state index in [1.807, 2.05) is 6.07 Å². The molecular formula is C25H24ClF3N4O3. The molecule has 3 aromatic rings. The van der Waals surface area contributed by atoms with Gasteiger partial charge >= 0.3 is 11.9 Å². The van der Waals surface area contributed by atoms with Gasteiger partial charge in [0, 0.05) is 26.2 Å². The zero-order valence-corrected chi connectivity index (χ0v) is 19.4.